The molecular formula is C26H30N4O2. The predicted molar refractivity (Wildman–Crippen MR) is 129 cm³/mol. The van der Waals surface area contributed by atoms with Gasteiger partial charge >= 0.3 is 0 Å². The van der Waals surface area contributed by atoms with E-state index in [-0.39, 0.29) is 5.91 Å². The number of carbonyl (C=O) groups is 1. The van der Waals surface area contributed by atoms with E-state index in [0.29, 0.717) is 18.7 Å². The molecule has 0 atom stereocenters. The number of aromatic nitrogens is 1. The molecule has 0 spiro atoms. The average Bonchev–Trinajstić information content (AvgIpc) is 2.88. The van der Waals surface area contributed by atoms with Crippen molar-refractivity contribution in [1.29, 1.82) is 0 Å². The molecule has 2 fully saturated rings. The standard InChI is InChI=1S/C26H30N4O2/c1-32-24-12-6-5-11-23(24)28-15-17-30(18-16-28)26(31)22-19-27-25(29-13-7-2-8-14-29)21-10-4-3-9-20(21)22/h3-6,9-12,19H,2,7-8,13-18H2,1H3. The minimum absolute atomic E-state index is 0.0681. The molecule has 32 heavy (non-hydrogen) atoms. The van der Waals surface area contributed by atoms with Crippen molar-refractivity contribution in [3.05, 3.63) is 60.3 Å². The highest BCUT2D eigenvalue weighted by atomic mass is 16.5. The van der Waals surface area contributed by atoms with Crippen molar-refractivity contribution in [2.24, 2.45) is 0 Å². The third-order valence-corrected chi connectivity index (χ3v) is 6.65. The number of para-hydroxylation sites is 2. The van der Waals surface area contributed by atoms with Crippen LogP contribution in [0.3, 0.4) is 0 Å². The van der Waals surface area contributed by atoms with Crippen molar-refractivity contribution in [2.45, 2.75) is 19.3 Å². The first-order chi connectivity index (χ1) is 15.8. The Morgan fingerprint density at radius 3 is 2.25 bits per heavy atom. The number of methoxy groups -OCH3 is 1. The molecule has 6 heteroatoms. The molecule has 0 bridgehead atoms. The summed E-state index contributed by atoms with van der Waals surface area (Å²) in [5.41, 5.74) is 1.78. The Kier molecular flexibility index (Phi) is 5.84. The number of ether oxygens (including phenoxy) is 1. The molecule has 2 aliphatic rings. The number of nitrogens with zero attached hydrogens (tertiary/aromatic N) is 4. The van der Waals surface area contributed by atoms with Crippen LogP contribution in [0.2, 0.25) is 0 Å². The quantitative estimate of drug-likeness (QED) is 0.621. The normalized spacial score (nSPS) is 17.0. The van der Waals surface area contributed by atoms with Crippen molar-refractivity contribution >= 4 is 28.2 Å². The Balaban J connectivity index is 1.37. The van der Waals surface area contributed by atoms with E-state index in [1.807, 2.05) is 35.2 Å². The minimum Gasteiger partial charge on any atom is -0.495 e. The van der Waals surface area contributed by atoms with E-state index in [1.165, 1.54) is 19.3 Å². The highest BCUT2D eigenvalue weighted by molar-refractivity contribution is 6.09. The smallest absolute Gasteiger partial charge is 0.256 e. The van der Waals surface area contributed by atoms with Crippen molar-refractivity contribution in [3.63, 3.8) is 0 Å². The maximum atomic E-state index is 13.5. The average molecular weight is 431 g/mol. The van der Waals surface area contributed by atoms with Gasteiger partial charge in [0, 0.05) is 50.9 Å². The van der Waals surface area contributed by atoms with Gasteiger partial charge in [-0.1, -0.05) is 36.4 Å². The molecule has 0 aliphatic carbocycles. The molecule has 0 unspecified atom stereocenters. The van der Waals surface area contributed by atoms with Crippen molar-refractivity contribution < 1.29 is 9.53 Å². The molecule has 0 N–H and O–H groups in total. The predicted octanol–water partition coefficient (Wildman–Crippen LogP) is 4.20. The summed E-state index contributed by atoms with van der Waals surface area (Å²) in [6.07, 6.45) is 5.48. The largest absolute Gasteiger partial charge is 0.495 e. The molecule has 2 aromatic carbocycles. The molecular weight excluding hydrogens is 400 g/mol. The first kappa shape index (κ1) is 20.6. The van der Waals surface area contributed by atoms with E-state index in [1.54, 1.807) is 13.3 Å². The summed E-state index contributed by atoms with van der Waals surface area (Å²) in [4.78, 5) is 24.9. The lowest BCUT2D eigenvalue weighted by Gasteiger charge is -2.37. The second kappa shape index (κ2) is 9.07. The monoisotopic (exact) mass is 430 g/mol. The molecule has 1 amide bonds. The van der Waals surface area contributed by atoms with Crippen LogP contribution < -0.4 is 14.5 Å². The number of pyridine rings is 1. The van der Waals surface area contributed by atoms with Crippen LogP contribution in [0.25, 0.3) is 10.8 Å². The molecule has 0 saturated carbocycles. The van der Waals surface area contributed by atoms with Crippen molar-refractivity contribution in [2.75, 3.05) is 56.2 Å². The van der Waals surface area contributed by atoms with Crippen LogP contribution in [-0.4, -0.2) is 62.2 Å². The topological polar surface area (TPSA) is 48.9 Å². The van der Waals surface area contributed by atoms with Crippen LogP contribution in [0.1, 0.15) is 29.6 Å². The Hall–Kier alpha value is -3.28. The summed E-state index contributed by atoms with van der Waals surface area (Å²) >= 11 is 0. The number of hydrogen-bond acceptors (Lipinski definition) is 5. The number of carbonyl (C=O) groups excluding carboxylic acids is 1. The molecule has 2 aliphatic heterocycles. The van der Waals surface area contributed by atoms with Crippen LogP contribution in [0.4, 0.5) is 11.5 Å². The van der Waals surface area contributed by atoms with Gasteiger partial charge in [-0.25, -0.2) is 4.98 Å². The van der Waals surface area contributed by atoms with Crippen molar-refractivity contribution in [3.8, 4) is 5.75 Å². The number of rotatable bonds is 4. The first-order valence-corrected chi connectivity index (χ1v) is 11.6. The summed E-state index contributed by atoms with van der Waals surface area (Å²) in [5, 5.41) is 2.08. The van der Waals surface area contributed by atoms with Gasteiger partial charge in [0.2, 0.25) is 0 Å². The van der Waals surface area contributed by atoms with Gasteiger partial charge in [-0.2, -0.15) is 0 Å². The lowest BCUT2D eigenvalue weighted by Crippen LogP contribution is -2.49. The van der Waals surface area contributed by atoms with Gasteiger partial charge in [-0.05, 0) is 36.8 Å². The van der Waals surface area contributed by atoms with E-state index in [2.05, 4.69) is 28.0 Å². The number of fused-ring (bicyclic) bond motifs is 1. The number of benzene rings is 2. The molecule has 0 radical (unpaired) electrons. The van der Waals surface area contributed by atoms with E-state index >= 15 is 0 Å². The van der Waals surface area contributed by atoms with Gasteiger partial charge in [0.25, 0.3) is 5.91 Å². The van der Waals surface area contributed by atoms with Gasteiger partial charge in [-0.15, -0.1) is 0 Å². The van der Waals surface area contributed by atoms with Crippen molar-refractivity contribution in [1.82, 2.24) is 9.88 Å². The van der Waals surface area contributed by atoms with Gasteiger partial charge in [0.05, 0.1) is 18.4 Å². The van der Waals surface area contributed by atoms with E-state index in [0.717, 1.165) is 54.2 Å². The van der Waals surface area contributed by atoms with E-state index in [9.17, 15) is 4.79 Å². The second-order valence-electron chi connectivity index (χ2n) is 8.54. The van der Waals surface area contributed by atoms with Gasteiger partial charge in [0.15, 0.2) is 0 Å². The first-order valence-electron chi connectivity index (χ1n) is 11.6. The molecule has 166 valence electrons. The molecule has 2 saturated heterocycles. The molecule has 1 aromatic heterocycles. The zero-order valence-corrected chi connectivity index (χ0v) is 18.7. The Morgan fingerprint density at radius 1 is 0.812 bits per heavy atom. The van der Waals surface area contributed by atoms with Gasteiger partial charge in [0.1, 0.15) is 11.6 Å². The Labute approximate surface area is 189 Å². The Bertz CT molecular complexity index is 1100. The molecule has 6 nitrogen and oxygen atoms in total. The number of piperazine rings is 1. The maximum Gasteiger partial charge on any atom is 0.256 e. The fourth-order valence-corrected chi connectivity index (χ4v) is 4.92. The third kappa shape index (κ3) is 3.85. The minimum atomic E-state index is 0.0681. The summed E-state index contributed by atoms with van der Waals surface area (Å²) < 4.78 is 5.52. The SMILES string of the molecule is COc1ccccc1N1CCN(C(=O)c2cnc(N3CCCCC3)c3ccccc23)CC1. The van der Waals surface area contributed by atoms with E-state index < -0.39 is 0 Å². The van der Waals surface area contributed by atoms with E-state index in [4.69, 9.17) is 9.72 Å². The zero-order valence-electron chi connectivity index (χ0n) is 18.7. The second-order valence-corrected chi connectivity index (χ2v) is 8.54. The lowest BCUT2D eigenvalue weighted by atomic mass is 10.0. The Morgan fingerprint density at radius 2 is 1.50 bits per heavy atom. The fraction of sp³-hybridized carbons (Fsp3) is 0.385. The third-order valence-electron chi connectivity index (χ3n) is 6.65. The highest BCUT2D eigenvalue weighted by Gasteiger charge is 2.26. The molecule has 5 rings (SSSR count). The number of hydrogen-bond donors (Lipinski definition) is 0. The number of piperidine rings is 1. The summed E-state index contributed by atoms with van der Waals surface area (Å²) in [5.74, 6) is 1.95. The fourth-order valence-electron chi connectivity index (χ4n) is 4.92. The van der Waals surface area contributed by atoms with Crippen LogP contribution in [0.5, 0.6) is 5.75 Å². The maximum absolute atomic E-state index is 13.5. The van der Waals surface area contributed by atoms with Crippen LogP contribution >= 0.6 is 0 Å². The zero-order chi connectivity index (χ0) is 21.9. The summed E-state index contributed by atoms with van der Waals surface area (Å²) in [7, 11) is 1.70. The molecule has 3 heterocycles. The summed E-state index contributed by atoms with van der Waals surface area (Å²) in [6.45, 7) is 5.00. The number of amides is 1. The number of anilines is 2. The van der Waals surface area contributed by atoms with Crippen LogP contribution in [0, 0.1) is 0 Å². The van der Waals surface area contributed by atoms with Crippen LogP contribution in [-0.2, 0) is 0 Å². The van der Waals surface area contributed by atoms with Gasteiger partial charge in [-0.3, -0.25) is 4.79 Å². The lowest BCUT2D eigenvalue weighted by molar-refractivity contribution is 0.0748. The molecule has 3 aromatic rings. The van der Waals surface area contributed by atoms with Gasteiger partial charge < -0.3 is 19.4 Å². The van der Waals surface area contributed by atoms with Crippen LogP contribution in [0.15, 0.2) is 54.7 Å². The highest BCUT2D eigenvalue weighted by Crippen LogP contribution is 2.31. The summed E-state index contributed by atoms with van der Waals surface area (Å²) in [6, 6.07) is 16.3.